The summed E-state index contributed by atoms with van der Waals surface area (Å²) in [5, 5.41) is 3.33. The number of nitrogens with zero attached hydrogens (tertiary/aromatic N) is 2. The number of benzene rings is 1. The van der Waals surface area contributed by atoms with Crippen molar-refractivity contribution in [3.05, 3.63) is 59.5 Å². The summed E-state index contributed by atoms with van der Waals surface area (Å²) in [5.41, 5.74) is 6.42. The van der Waals surface area contributed by atoms with Crippen molar-refractivity contribution in [2.75, 3.05) is 26.2 Å². The quantitative estimate of drug-likeness (QED) is 0.322. The minimum atomic E-state index is -0.569. The molecule has 1 amide bonds. The molecule has 2 heterocycles. The Labute approximate surface area is 188 Å². The normalized spacial score (nSPS) is 16.5. The van der Waals surface area contributed by atoms with Gasteiger partial charge in [0.25, 0.3) is 5.91 Å². The van der Waals surface area contributed by atoms with Gasteiger partial charge in [-0.15, -0.1) is 24.0 Å². The topological polar surface area (TPSA) is 93.1 Å². The first kappa shape index (κ1) is 23.2. The van der Waals surface area contributed by atoms with Crippen molar-refractivity contribution in [1.82, 2.24) is 10.2 Å². The number of guanidine groups is 1. The number of aliphatic imine (C=N–C) groups is 1. The predicted molar refractivity (Wildman–Crippen MR) is 123 cm³/mol. The number of amides is 1. The number of hydrogen-bond donors (Lipinski definition) is 2. The summed E-state index contributed by atoms with van der Waals surface area (Å²) in [6.07, 6.45) is 1.08. The molecule has 3 rings (SSSR count). The summed E-state index contributed by atoms with van der Waals surface area (Å²) in [6, 6.07) is 13.5. The maximum absolute atomic E-state index is 11.1. The van der Waals surface area contributed by atoms with Gasteiger partial charge in [-0.1, -0.05) is 30.3 Å². The molecule has 7 nitrogen and oxygen atoms in total. The molecule has 1 aromatic carbocycles. The Balaban J connectivity index is 0.00000300. The van der Waals surface area contributed by atoms with Crippen LogP contribution < -0.4 is 11.1 Å². The van der Waals surface area contributed by atoms with E-state index in [1.165, 1.54) is 5.56 Å². The first-order valence-electron chi connectivity index (χ1n) is 9.69. The van der Waals surface area contributed by atoms with Gasteiger partial charge in [0.15, 0.2) is 11.7 Å². The lowest BCUT2D eigenvalue weighted by molar-refractivity contribution is 0.0906. The second-order valence-corrected chi connectivity index (χ2v) is 6.90. The molecule has 0 saturated carbocycles. The fourth-order valence-electron chi connectivity index (χ4n) is 3.25. The number of halogens is 1. The standard InChI is InChI=1S/C21H28N4O3.HI/c1-2-23-21(24-12-18-8-9-19(28-18)20(22)26)25-11-10-17(13-25)15-27-14-16-6-4-3-5-7-16;/h3-9,17H,2,10-15H2,1H3,(H2,22,26)(H,23,24);1H. The van der Waals surface area contributed by atoms with Gasteiger partial charge in [0, 0.05) is 25.6 Å². The number of hydrogen-bond acceptors (Lipinski definition) is 4. The summed E-state index contributed by atoms with van der Waals surface area (Å²) in [5.74, 6) is 1.54. The van der Waals surface area contributed by atoms with E-state index in [0.717, 1.165) is 38.6 Å². The lowest BCUT2D eigenvalue weighted by Crippen LogP contribution is -2.40. The monoisotopic (exact) mass is 512 g/mol. The summed E-state index contributed by atoms with van der Waals surface area (Å²) < 4.78 is 11.3. The molecule has 1 saturated heterocycles. The lowest BCUT2D eigenvalue weighted by atomic mass is 10.1. The van der Waals surface area contributed by atoms with Crippen LogP contribution in [0.2, 0.25) is 0 Å². The van der Waals surface area contributed by atoms with E-state index in [9.17, 15) is 4.79 Å². The molecule has 3 N–H and O–H groups in total. The molecule has 1 fully saturated rings. The second-order valence-electron chi connectivity index (χ2n) is 6.90. The third kappa shape index (κ3) is 7.04. The van der Waals surface area contributed by atoms with E-state index >= 15 is 0 Å². The highest BCUT2D eigenvalue weighted by Gasteiger charge is 2.25. The highest BCUT2D eigenvalue weighted by atomic mass is 127. The minimum absolute atomic E-state index is 0. The van der Waals surface area contributed by atoms with Gasteiger partial charge in [0.05, 0.1) is 13.2 Å². The highest BCUT2D eigenvalue weighted by Crippen LogP contribution is 2.18. The number of rotatable bonds is 8. The molecule has 0 aliphatic carbocycles. The summed E-state index contributed by atoms with van der Waals surface area (Å²) in [7, 11) is 0. The van der Waals surface area contributed by atoms with Gasteiger partial charge >= 0.3 is 0 Å². The van der Waals surface area contributed by atoms with Crippen LogP contribution in [0.5, 0.6) is 0 Å². The van der Waals surface area contributed by atoms with Gasteiger partial charge in [-0.2, -0.15) is 0 Å². The SMILES string of the molecule is CCNC(=NCc1ccc(C(N)=O)o1)N1CCC(COCc2ccccc2)C1.I. The molecule has 158 valence electrons. The Morgan fingerprint density at radius 2 is 2.10 bits per heavy atom. The molecule has 29 heavy (non-hydrogen) atoms. The molecular formula is C21H29IN4O3. The fourth-order valence-corrected chi connectivity index (χ4v) is 3.25. The smallest absolute Gasteiger partial charge is 0.284 e. The molecule has 1 aliphatic rings. The number of primary amides is 1. The van der Waals surface area contributed by atoms with E-state index in [1.807, 2.05) is 25.1 Å². The van der Waals surface area contributed by atoms with Crippen LogP contribution in [0.1, 0.15) is 35.2 Å². The highest BCUT2D eigenvalue weighted by molar-refractivity contribution is 14.0. The first-order chi connectivity index (χ1) is 13.7. The molecule has 1 atom stereocenters. The van der Waals surface area contributed by atoms with Gasteiger partial charge in [0.1, 0.15) is 12.3 Å². The van der Waals surface area contributed by atoms with Crippen LogP contribution in [0.25, 0.3) is 0 Å². The first-order valence-corrected chi connectivity index (χ1v) is 9.69. The van der Waals surface area contributed by atoms with Gasteiger partial charge in [0.2, 0.25) is 0 Å². The molecule has 1 unspecified atom stereocenters. The van der Waals surface area contributed by atoms with E-state index in [1.54, 1.807) is 12.1 Å². The average Bonchev–Trinajstić information content (AvgIpc) is 3.36. The molecule has 0 spiro atoms. The van der Waals surface area contributed by atoms with E-state index in [-0.39, 0.29) is 29.7 Å². The Morgan fingerprint density at radius 3 is 2.79 bits per heavy atom. The Morgan fingerprint density at radius 1 is 1.31 bits per heavy atom. The maximum atomic E-state index is 11.1. The summed E-state index contributed by atoms with van der Waals surface area (Å²) in [6.45, 7) is 6.43. The molecule has 0 radical (unpaired) electrons. The molecule has 1 aliphatic heterocycles. The molecular weight excluding hydrogens is 483 g/mol. The van der Waals surface area contributed by atoms with Crippen molar-refractivity contribution in [2.45, 2.75) is 26.5 Å². The summed E-state index contributed by atoms with van der Waals surface area (Å²) >= 11 is 0. The van der Waals surface area contributed by atoms with Crippen LogP contribution in [0.15, 0.2) is 51.9 Å². The number of furan rings is 1. The van der Waals surface area contributed by atoms with Crippen LogP contribution >= 0.6 is 24.0 Å². The third-order valence-electron chi connectivity index (χ3n) is 4.67. The number of ether oxygens (including phenoxy) is 1. The number of carbonyl (C=O) groups is 1. The average molecular weight is 512 g/mol. The molecule has 1 aromatic heterocycles. The molecule has 8 heteroatoms. The van der Waals surface area contributed by atoms with Crippen LogP contribution in [-0.4, -0.2) is 43.0 Å². The number of likely N-dealkylation sites (tertiary alicyclic amines) is 1. The maximum Gasteiger partial charge on any atom is 0.284 e. The number of nitrogens with one attached hydrogen (secondary N) is 1. The predicted octanol–water partition coefficient (Wildman–Crippen LogP) is 3.00. The Kier molecular flexibility index (Phi) is 9.46. The Bertz CT molecular complexity index is 794. The molecule has 2 aromatic rings. The van der Waals surface area contributed by atoms with Gasteiger partial charge in [-0.25, -0.2) is 4.99 Å². The fraction of sp³-hybridized carbons (Fsp3) is 0.429. The van der Waals surface area contributed by atoms with E-state index < -0.39 is 5.91 Å². The lowest BCUT2D eigenvalue weighted by Gasteiger charge is -2.21. The van der Waals surface area contributed by atoms with Crippen molar-refractivity contribution in [1.29, 1.82) is 0 Å². The second kappa shape index (κ2) is 11.8. The van der Waals surface area contributed by atoms with Crippen LogP contribution in [0.4, 0.5) is 0 Å². The van der Waals surface area contributed by atoms with Gasteiger partial charge < -0.3 is 25.1 Å². The summed E-state index contributed by atoms with van der Waals surface area (Å²) in [4.78, 5) is 18.0. The van der Waals surface area contributed by atoms with Crippen LogP contribution in [0, 0.1) is 5.92 Å². The zero-order valence-corrected chi connectivity index (χ0v) is 19.0. The van der Waals surface area contributed by atoms with Gasteiger partial charge in [-0.3, -0.25) is 4.79 Å². The van der Waals surface area contributed by atoms with Crippen molar-refractivity contribution in [2.24, 2.45) is 16.6 Å². The van der Waals surface area contributed by atoms with Crippen LogP contribution in [-0.2, 0) is 17.9 Å². The largest absolute Gasteiger partial charge is 0.454 e. The minimum Gasteiger partial charge on any atom is -0.454 e. The van der Waals surface area contributed by atoms with Crippen molar-refractivity contribution in [3.63, 3.8) is 0 Å². The van der Waals surface area contributed by atoms with Crippen LogP contribution in [0.3, 0.4) is 0 Å². The van der Waals surface area contributed by atoms with Crippen molar-refractivity contribution < 1.29 is 13.9 Å². The van der Waals surface area contributed by atoms with Crippen molar-refractivity contribution >= 4 is 35.8 Å². The third-order valence-corrected chi connectivity index (χ3v) is 4.67. The zero-order valence-electron chi connectivity index (χ0n) is 16.7. The van der Waals surface area contributed by atoms with Gasteiger partial charge in [-0.05, 0) is 31.0 Å². The zero-order chi connectivity index (χ0) is 19.8. The number of nitrogens with two attached hydrogens (primary N) is 1. The Hall–Kier alpha value is -2.07. The van der Waals surface area contributed by atoms with E-state index in [4.69, 9.17) is 14.9 Å². The number of carbonyl (C=O) groups excluding carboxylic acids is 1. The van der Waals surface area contributed by atoms with Crippen molar-refractivity contribution in [3.8, 4) is 0 Å². The van der Waals surface area contributed by atoms with E-state index in [2.05, 4.69) is 27.3 Å². The molecule has 0 bridgehead atoms. The van der Waals surface area contributed by atoms with E-state index in [0.29, 0.717) is 24.8 Å².